The van der Waals surface area contributed by atoms with Crippen LogP contribution in [0.25, 0.3) is 0 Å². The van der Waals surface area contributed by atoms with E-state index in [2.05, 4.69) is 36.6 Å². The third-order valence-electron chi connectivity index (χ3n) is 4.84. The molecule has 1 fully saturated rings. The highest BCUT2D eigenvalue weighted by Crippen LogP contribution is 2.31. The van der Waals surface area contributed by atoms with Crippen LogP contribution in [0.5, 0.6) is 0 Å². The van der Waals surface area contributed by atoms with Gasteiger partial charge in [0.2, 0.25) is 5.91 Å². The summed E-state index contributed by atoms with van der Waals surface area (Å²) in [4.78, 5) is 37.2. The maximum Gasteiger partial charge on any atom is 0.322 e. The van der Waals surface area contributed by atoms with Gasteiger partial charge in [0.15, 0.2) is 0 Å². The highest BCUT2D eigenvalue weighted by Gasteiger charge is 2.33. The number of carbonyl (C=O) groups excluding carboxylic acids is 3. The second-order valence-electron chi connectivity index (χ2n) is 7.16. The van der Waals surface area contributed by atoms with Crippen LogP contribution in [0.15, 0.2) is 24.3 Å². The Balaban J connectivity index is 1.64. The lowest BCUT2D eigenvalue weighted by atomic mass is 9.82. The number of carbonyl (C=O) groups is 3. The van der Waals surface area contributed by atoms with Gasteiger partial charge in [0.25, 0.3) is 5.91 Å². The van der Waals surface area contributed by atoms with Gasteiger partial charge in [-0.2, -0.15) is 0 Å². The Morgan fingerprint density at radius 2 is 2.04 bits per heavy atom. The van der Waals surface area contributed by atoms with Crippen LogP contribution in [0.4, 0.5) is 4.79 Å². The second kappa shape index (κ2) is 6.26. The van der Waals surface area contributed by atoms with E-state index >= 15 is 0 Å². The topological polar surface area (TPSA) is 78.5 Å². The minimum Gasteiger partial charge on any atom is -0.341 e. The minimum atomic E-state index is -0.598. The van der Waals surface area contributed by atoms with Crippen LogP contribution < -0.4 is 10.6 Å². The average molecular weight is 329 g/mol. The SMILES string of the molecule is CC1(C)CN(C(=O)CCC2NC(=O)NC2=O)CCc2ccccc21. The summed E-state index contributed by atoms with van der Waals surface area (Å²) < 4.78 is 0. The van der Waals surface area contributed by atoms with Crippen molar-refractivity contribution in [3.63, 3.8) is 0 Å². The average Bonchev–Trinajstić information content (AvgIpc) is 2.79. The van der Waals surface area contributed by atoms with Gasteiger partial charge in [-0.1, -0.05) is 38.1 Å². The van der Waals surface area contributed by atoms with E-state index < -0.39 is 12.1 Å². The van der Waals surface area contributed by atoms with Gasteiger partial charge in [0.1, 0.15) is 6.04 Å². The molecule has 1 aromatic carbocycles. The first-order valence-electron chi connectivity index (χ1n) is 8.34. The summed E-state index contributed by atoms with van der Waals surface area (Å²) in [7, 11) is 0. The van der Waals surface area contributed by atoms with E-state index in [9.17, 15) is 14.4 Å². The maximum atomic E-state index is 12.6. The van der Waals surface area contributed by atoms with E-state index in [0.717, 1.165) is 6.42 Å². The zero-order valence-electron chi connectivity index (χ0n) is 14.1. The number of nitrogens with zero attached hydrogens (tertiary/aromatic N) is 1. The smallest absolute Gasteiger partial charge is 0.322 e. The molecule has 0 radical (unpaired) electrons. The first kappa shape index (κ1) is 16.5. The number of nitrogens with one attached hydrogen (secondary N) is 2. The van der Waals surface area contributed by atoms with Gasteiger partial charge >= 0.3 is 6.03 Å². The molecule has 3 rings (SSSR count). The molecule has 1 saturated heterocycles. The molecule has 0 aliphatic carbocycles. The van der Waals surface area contributed by atoms with E-state index in [-0.39, 0.29) is 23.7 Å². The molecule has 2 N–H and O–H groups in total. The largest absolute Gasteiger partial charge is 0.341 e. The molecular weight excluding hydrogens is 306 g/mol. The molecule has 6 nitrogen and oxygen atoms in total. The fourth-order valence-electron chi connectivity index (χ4n) is 3.60. The molecule has 4 amide bonds. The maximum absolute atomic E-state index is 12.6. The molecule has 6 heteroatoms. The van der Waals surface area contributed by atoms with E-state index in [1.54, 1.807) is 0 Å². The molecule has 128 valence electrons. The number of hydrogen-bond donors (Lipinski definition) is 2. The fraction of sp³-hybridized carbons (Fsp3) is 0.500. The predicted octanol–water partition coefficient (Wildman–Crippen LogP) is 1.34. The zero-order chi connectivity index (χ0) is 17.3. The number of hydrogen-bond acceptors (Lipinski definition) is 3. The summed E-state index contributed by atoms with van der Waals surface area (Å²) in [6, 6.07) is 7.26. The van der Waals surface area contributed by atoms with Crippen LogP contribution in [0, 0.1) is 0 Å². The van der Waals surface area contributed by atoms with E-state index in [1.165, 1.54) is 11.1 Å². The van der Waals surface area contributed by atoms with Crippen molar-refractivity contribution in [2.75, 3.05) is 13.1 Å². The Bertz CT molecular complexity index is 684. The molecule has 0 spiro atoms. The van der Waals surface area contributed by atoms with Crippen LogP contribution in [-0.4, -0.2) is 41.9 Å². The summed E-state index contributed by atoms with van der Waals surface area (Å²) in [6.07, 6.45) is 1.43. The summed E-state index contributed by atoms with van der Waals surface area (Å²) in [5.41, 5.74) is 2.48. The van der Waals surface area contributed by atoms with Gasteiger partial charge in [-0.15, -0.1) is 0 Å². The Kier molecular flexibility index (Phi) is 4.30. The number of benzene rings is 1. The van der Waals surface area contributed by atoms with Crippen LogP contribution >= 0.6 is 0 Å². The standard InChI is InChI=1S/C18H23N3O3/c1-18(2)11-21(10-9-12-5-3-4-6-13(12)18)15(22)8-7-14-16(23)20-17(24)19-14/h3-6,14H,7-11H2,1-2H3,(H2,19,20,23,24). The lowest BCUT2D eigenvalue weighted by Gasteiger charge is -2.31. The van der Waals surface area contributed by atoms with Crippen molar-refractivity contribution in [1.82, 2.24) is 15.5 Å². The number of fused-ring (bicyclic) bond motifs is 1. The molecule has 2 aliphatic heterocycles. The van der Waals surface area contributed by atoms with Crippen LogP contribution in [0.3, 0.4) is 0 Å². The van der Waals surface area contributed by atoms with Crippen molar-refractivity contribution in [1.29, 1.82) is 0 Å². The summed E-state index contributed by atoms with van der Waals surface area (Å²) in [5, 5.41) is 4.73. The van der Waals surface area contributed by atoms with Gasteiger partial charge in [0, 0.05) is 24.9 Å². The molecule has 1 unspecified atom stereocenters. The number of rotatable bonds is 3. The summed E-state index contributed by atoms with van der Waals surface area (Å²) in [5.74, 6) is -0.318. The van der Waals surface area contributed by atoms with Gasteiger partial charge in [-0.25, -0.2) is 4.79 Å². The van der Waals surface area contributed by atoms with E-state index in [1.807, 2.05) is 17.0 Å². The lowest BCUT2D eigenvalue weighted by molar-refractivity contribution is -0.132. The molecule has 0 bridgehead atoms. The molecule has 1 aromatic rings. The van der Waals surface area contributed by atoms with Crippen molar-refractivity contribution in [2.45, 2.75) is 44.6 Å². The van der Waals surface area contributed by atoms with Crippen LogP contribution in [0.1, 0.15) is 37.8 Å². The molecule has 2 aliphatic rings. The molecular formula is C18H23N3O3. The highest BCUT2D eigenvalue weighted by atomic mass is 16.2. The Morgan fingerprint density at radius 1 is 1.29 bits per heavy atom. The lowest BCUT2D eigenvalue weighted by Crippen LogP contribution is -2.40. The van der Waals surface area contributed by atoms with Crippen LogP contribution in [-0.2, 0) is 21.4 Å². The third-order valence-corrected chi connectivity index (χ3v) is 4.84. The predicted molar refractivity (Wildman–Crippen MR) is 89.4 cm³/mol. The molecule has 1 atom stereocenters. The fourth-order valence-corrected chi connectivity index (χ4v) is 3.60. The number of imide groups is 1. The van der Waals surface area contributed by atoms with Gasteiger partial charge < -0.3 is 10.2 Å². The monoisotopic (exact) mass is 329 g/mol. The normalized spacial score (nSPS) is 22.4. The first-order valence-corrected chi connectivity index (χ1v) is 8.34. The molecule has 0 aromatic heterocycles. The number of amides is 4. The molecule has 24 heavy (non-hydrogen) atoms. The van der Waals surface area contributed by atoms with Gasteiger partial charge in [-0.05, 0) is 24.0 Å². The Hall–Kier alpha value is -2.37. The first-order chi connectivity index (χ1) is 11.4. The van der Waals surface area contributed by atoms with Gasteiger partial charge in [-0.3, -0.25) is 14.9 Å². The van der Waals surface area contributed by atoms with Crippen molar-refractivity contribution >= 4 is 17.8 Å². The quantitative estimate of drug-likeness (QED) is 0.822. The van der Waals surface area contributed by atoms with Crippen molar-refractivity contribution < 1.29 is 14.4 Å². The van der Waals surface area contributed by atoms with E-state index in [0.29, 0.717) is 19.5 Å². The Labute approximate surface area is 141 Å². The zero-order valence-corrected chi connectivity index (χ0v) is 14.1. The molecule has 0 saturated carbocycles. The third kappa shape index (κ3) is 3.27. The Morgan fingerprint density at radius 3 is 2.75 bits per heavy atom. The second-order valence-corrected chi connectivity index (χ2v) is 7.16. The number of urea groups is 1. The van der Waals surface area contributed by atoms with Crippen molar-refractivity contribution in [2.24, 2.45) is 0 Å². The summed E-state index contributed by atoms with van der Waals surface area (Å²) in [6.45, 7) is 5.65. The van der Waals surface area contributed by atoms with Crippen LogP contribution in [0.2, 0.25) is 0 Å². The van der Waals surface area contributed by atoms with Crippen molar-refractivity contribution in [3.05, 3.63) is 35.4 Å². The van der Waals surface area contributed by atoms with Crippen molar-refractivity contribution in [3.8, 4) is 0 Å². The molecule has 2 heterocycles. The summed E-state index contributed by atoms with van der Waals surface area (Å²) >= 11 is 0. The van der Waals surface area contributed by atoms with Gasteiger partial charge in [0.05, 0.1) is 0 Å². The van der Waals surface area contributed by atoms with E-state index in [4.69, 9.17) is 0 Å². The highest BCUT2D eigenvalue weighted by molar-refractivity contribution is 6.04. The minimum absolute atomic E-state index is 0.0323.